The average molecular weight is 184 g/mol. The molecule has 0 unspecified atom stereocenters. The van der Waals surface area contributed by atoms with Crippen LogP contribution >= 0.6 is 0 Å². The van der Waals surface area contributed by atoms with Crippen molar-refractivity contribution in [3.05, 3.63) is 34.4 Å². The van der Waals surface area contributed by atoms with E-state index in [2.05, 4.69) is 4.36 Å². The van der Waals surface area contributed by atoms with Crippen molar-refractivity contribution in [2.75, 3.05) is 0 Å². The predicted octanol–water partition coefficient (Wildman–Crippen LogP) is 1.62. The average Bonchev–Trinajstić information content (AvgIpc) is 2.05. The van der Waals surface area contributed by atoms with Crippen LogP contribution in [0.1, 0.15) is 0 Å². The van der Waals surface area contributed by atoms with Gasteiger partial charge in [-0.05, 0) is 6.07 Å². The molecule has 0 amide bonds. The number of nitrogens with zero attached hydrogens (tertiary/aromatic N) is 2. The van der Waals surface area contributed by atoms with E-state index in [-0.39, 0.29) is 17.2 Å². The van der Waals surface area contributed by atoms with Crippen molar-refractivity contribution < 1.29 is 9.13 Å². The van der Waals surface area contributed by atoms with E-state index in [1.165, 1.54) is 24.3 Å². The first-order valence-electron chi connectivity index (χ1n) is 2.98. The van der Waals surface area contributed by atoms with Crippen molar-refractivity contribution in [1.29, 1.82) is 0 Å². The van der Waals surface area contributed by atoms with Crippen molar-refractivity contribution in [2.24, 2.45) is 4.36 Å². The molecular weight excluding hydrogens is 180 g/mol. The summed E-state index contributed by atoms with van der Waals surface area (Å²) < 4.78 is 13.4. The Morgan fingerprint density at radius 1 is 1.50 bits per heavy atom. The monoisotopic (exact) mass is 184 g/mol. The first-order chi connectivity index (χ1) is 5.74. The van der Waals surface area contributed by atoms with E-state index in [4.69, 9.17) is 0 Å². The van der Waals surface area contributed by atoms with E-state index in [1.54, 1.807) is 0 Å². The molecule has 0 fully saturated rings. The van der Waals surface area contributed by atoms with Crippen LogP contribution in [0.25, 0.3) is 0 Å². The van der Waals surface area contributed by atoms with E-state index >= 15 is 0 Å². The molecule has 0 aliphatic carbocycles. The van der Waals surface area contributed by atoms with Gasteiger partial charge in [0, 0.05) is 12.1 Å². The Labute approximate surface area is 71.4 Å². The Kier molecular flexibility index (Phi) is 2.65. The van der Waals surface area contributed by atoms with Gasteiger partial charge in [0.1, 0.15) is 0 Å². The van der Waals surface area contributed by atoms with Gasteiger partial charge in [0.25, 0.3) is 5.69 Å². The maximum absolute atomic E-state index is 10.2. The summed E-state index contributed by atoms with van der Waals surface area (Å²) in [5, 5.41) is 10.2. The largest absolute Gasteiger partial charge is 0.271 e. The Bertz CT molecular complexity index is 342. The topological polar surface area (TPSA) is 72.6 Å². The molecule has 0 heterocycles. The Morgan fingerprint density at radius 2 is 2.25 bits per heavy atom. The highest BCUT2D eigenvalue weighted by Gasteiger charge is 2.03. The van der Waals surface area contributed by atoms with E-state index in [0.717, 1.165) is 0 Å². The van der Waals surface area contributed by atoms with Crippen LogP contribution < -0.4 is 0 Å². The number of benzene rings is 1. The van der Waals surface area contributed by atoms with Gasteiger partial charge < -0.3 is 0 Å². The van der Waals surface area contributed by atoms with Crippen LogP contribution in [0.2, 0.25) is 0 Å². The van der Waals surface area contributed by atoms with Crippen molar-refractivity contribution in [3.8, 4) is 0 Å². The van der Waals surface area contributed by atoms with Crippen molar-refractivity contribution in [2.45, 2.75) is 0 Å². The van der Waals surface area contributed by atoms with Gasteiger partial charge in [-0.25, -0.2) is 0 Å². The van der Waals surface area contributed by atoms with Gasteiger partial charge in [-0.3, -0.25) is 10.1 Å². The molecule has 0 atom stereocenters. The maximum atomic E-state index is 10.2. The Balaban J connectivity index is 3.11. The lowest BCUT2D eigenvalue weighted by atomic mass is 10.3. The van der Waals surface area contributed by atoms with Gasteiger partial charge in [0.2, 0.25) is 11.5 Å². The minimum absolute atomic E-state index is 0.0275. The van der Waals surface area contributed by atoms with E-state index in [0.29, 0.717) is 5.69 Å². The molecule has 6 heteroatoms. The molecular formula is C6H4N2O3S. The second kappa shape index (κ2) is 3.72. The first-order valence-corrected chi connectivity index (χ1v) is 3.68. The summed E-state index contributed by atoms with van der Waals surface area (Å²) in [7, 11) is 0. The quantitative estimate of drug-likeness (QED) is 0.517. The zero-order valence-corrected chi connectivity index (χ0v) is 6.65. The van der Waals surface area contributed by atoms with Gasteiger partial charge in [0.15, 0.2) is 0 Å². The fourth-order valence-corrected chi connectivity index (χ4v) is 0.906. The molecule has 1 aromatic rings. The van der Waals surface area contributed by atoms with Crippen molar-refractivity contribution in [3.63, 3.8) is 0 Å². The number of nitro benzene ring substituents is 1. The SMILES string of the molecule is O=S=Nc1cccc([N+](=O)[O-])c1. The lowest BCUT2D eigenvalue weighted by Gasteiger charge is -1.90. The summed E-state index contributed by atoms with van der Waals surface area (Å²) in [5.41, 5.74) is 0.245. The molecule has 0 N–H and O–H groups in total. The number of rotatable bonds is 2. The lowest BCUT2D eigenvalue weighted by Crippen LogP contribution is -1.85. The van der Waals surface area contributed by atoms with Crippen LogP contribution in [0.4, 0.5) is 11.4 Å². The molecule has 12 heavy (non-hydrogen) atoms. The number of hydrogen-bond donors (Lipinski definition) is 0. The first kappa shape index (κ1) is 8.54. The molecule has 1 rings (SSSR count). The zero-order valence-electron chi connectivity index (χ0n) is 5.84. The molecule has 1 aromatic carbocycles. The molecule has 0 spiro atoms. The van der Waals surface area contributed by atoms with Crippen LogP contribution in [0.3, 0.4) is 0 Å². The van der Waals surface area contributed by atoms with Crippen molar-refractivity contribution in [1.82, 2.24) is 0 Å². The minimum Gasteiger partial charge on any atom is -0.258 e. The van der Waals surface area contributed by atoms with Gasteiger partial charge in [-0.2, -0.15) is 8.57 Å². The third kappa shape index (κ3) is 1.96. The normalized spacial score (nSPS) is 9.00. The Morgan fingerprint density at radius 3 is 2.83 bits per heavy atom. The van der Waals surface area contributed by atoms with Gasteiger partial charge in [0.05, 0.1) is 10.6 Å². The minimum atomic E-state index is -0.533. The van der Waals surface area contributed by atoms with E-state index in [1.807, 2.05) is 0 Å². The van der Waals surface area contributed by atoms with Crippen LogP contribution in [0, 0.1) is 10.1 Å². The molecule has 62 valence electrons. The fraction of sp³-hybridized carbons (Fsp3) is 0. The van der Waals surface area contributed by atoms with E-state index < -0.39 is 4.92 Å². The lowest BCUT2D eigenvalue weighted by molar-refractivity contribution is -0.384. The smallest absolute Gasteiger partial charge is 0.258 e. The van der Waals surface area contributed by atoms with Gasteiger partial charge in [-0.1, -0.05) is 6.07 Å². The van der Waals surface area contributed by atoms with Crippen molar-refractivity contribution >= 4 is 22.8 Å². The zero-order chi connectivity index (χ0) is 8.97. The standard InChI is InChI=1S/C6H4N2O3S/c9-8(10)6-3-1-2-5(4-6)7-12-11/h1-4H. The molecule has 0 saturated heterocycles. The molecule has 5 nitrogen and oxygen atoms in total. The summed E-state index contributed by atoms with van der Waals surface area (Å²) in [4.78, 5) is 9.70. The molecule has 0 saturated carbocycles. The molecule has 0 bridgehead atoms. The van der Waals surface area contributed by atoms with Crippen LogP contribution in [-0.2, 0) is 11.5 Å². The highest BCUT2D eigenvalue weighted by atomic mass is 32.1. The third-order valence-corrected chi connectivity index (χ3v) is 1.47. The highest BCUT2D eigenvalue weighted by molar-refractivity contribution is 7.54. The van der Waals surface area contributed by atoms with Crippen LogP contribution in [0.15, 0.2) is 28.6 Å². The second-order valence-corrected chi connectivity index (χ2v) is 2.27. The molecule has 0 radical (unpaired) electrons. The maximum Gasteiger partial charge on any atom is 0.271 e. The van der Waals surface area contributed by atoms with E-state index in [9.17, 15) is 14.3 Å². The summed E-state index contributed by atoms with van der Waals surface area (Å²) in [5.74, 6) is 0. The third-order valence-electron chi connectivity index (χ3n) is 1.18. The summed E-state index contributed by atoms with van der Waals surface area (Å²) >= 11 is 0.0275. The van der Waals surface area contributed by atoms with Gasteiger partial charge in [-0.15, -0.1) is 0 Å². The predicted molar refractivity (Wildman–Crippen MR) is 43.3 cm³/mol. The highest BCUT2D eigenvalue weighted by Crippen LogP contribution is 2.18. The number of nitro groups is 1. The molecule has 0 aliphatic rings. The summed E-state index contributed by atoms with van der Waals surface area (Å²) in [6, 6.07) is 5.59. The van der Waals surface area contributed by atoms with Crippen LogP contribution in [0.5, 0.6) is 0 Å². The number of non-ortho nitro benzene ring substituents is 1. The Hall–Kier alpha value is -1.56. The number of hydrogen-bond acceptors (Lipinski definition) is 4. The molecule has 0 aliphatic heterocycles. The van der Waals surface area contributed by atoms with Gasteiger partial charge >= 0.3 is 0 Å². The fourth-order valence-electron chi connectivity index (χ4n) is 0.706. The summed E-state index contributed by atoms with van der Waals surface area (Å²) in [6.07, 6.45) is 0. The van der Waals surface area contributed by atoms with Crippen LogP contribution in [-0.4, -0.2) is 9.13 Å². The molecule has 0 aromatic heterocycles. The summed E-state index contributed by atoms with van der Waals surface area (Å²) in [6.45, 7) is 0. The second-order valence-electron chi connectivity index (χ2n) is 1.94.